The van der Waals surface area contributed by atoms with Crippen LogP contribution in [-0.2, 0) is 0 Å². The zero-order valence-electron chi connectivity index (χ0n) is 9.28. The molecule has 0 aromatic heterocycles. The van der Waals surface area contributed by atoms with Gasteiger partial charge in [0, 0.05) is 0 Å². The van der Waals surface area contributed by atoms with Crippen LogP contribution < -0.4 is 0 Å². The molecule has 0 atom stereocenters. The molecule has 0 nitrogen and oxygen atoms in total. The molecule has 1 aromatic rings. The van der Waals surface area contributed by atoms with Crippen molar-refractivity contribution in [1.82, 2.24) is 0 Å². The Morgan fingerprint density at radius 3 is 2.47 bits per heavy atom. The molecule has 0 amide bonds. The van der Waals surface area contributed by atoms with Gasteiger partial charge in [-0.15, -0.1) is 6.58 Å². The van der Waals surface area contributed by atoms with E-state index < -0.39 is 0 Å². The summed E-state index contributed by atoms with van der Waals surface area (Å²) in [6.45, 7) is 3.83. The van der Waals surface area contributed by atoms with Gasteiger partial charge in [-0.05, 0) is 55.6 Å². The summed E-state index contributed by atoms with van der Waals surface area (Å²) in [6.07, 6.45) is 8.72. The fraction of sp³-hybridized carbons (Fsp3) is 0.467. The number of hydrogen-bond donors (Lipinski definition) is 0. The van der Waals surface area contributed by atoms with Gasteiger partial charge in [-0.2, -0.15) is 0 Å². The average molecular weight is 199 g/mol. The summed E-state index contributed by atoms with van der Waals surface area (Å²) in [7, 11) is 0. The van der Waals surface area contributed by atoms with E-state index in [9.17, 15) is 0 Å². The fourth-order valence-electron chi connectivity index (χ4n) is 2.64. The van der Waals surface area contributed by atoms with Gasteiger partial charge < -0.3 is 0 Å². The number of rotatable bonds is 3. The van der Waals surface area contributed by atoms with Crippen molar-refractivity contribution in [2.24, 2.45) is 5.92 Å². The lowest BCUT2D eigenvalue weighted by Gasteiger charge is -2.28. The van der Waals surface area contributed by atoms with Crippen LogP contribution in [0, 0.1) is 12.0 Å². The van der Waals surface area contributed by atoms with Crippen molar-refractivity contribution >= 4 is 0 Å². The van der Waals surface area contributed by atoms with Crippen molar-refractivity contribution in [1.29, 1.82) is 0 Å². The van der Waals surface area contributed by atoms with Gasteiger partial charge in [0.2, 0.25) is 0 Å². The molecule has 1 saturated carbocycles. The Hall–Kier alpha value is -1.04. The highest BCUT2D eigenvalue weighted by Crippen LogP contribution is 2.36. The standard InChI is InChI=1S/C15H19/c1-2-6-13-9-11-15(12-10-13)14-7-4-3-5-8-14/h2,4-5,7-8,13,15H,1,6,9-12H2. The minimum absolute atomic E-state index is 0.792. The molecule has 2 rings (SSSR count). The van der Waals surface area contributed by atoms with Crippen molar-refractivity contribution in [3.05, 3.63) is 48.6 Å². The fourth-order valence-corrected chi connectivity index (χ4v) is 2.64. The number of benzene rings is 1. The van der Waals surface area contributed by atoms with Gasteiger partial charge in [-0.25, -0.2) is 0 Å². The third kappa shape index (κ3) is 2.71. The molecular formula is C15H19. The average Bonchev–Trinajstić information content (AvgIpc) is 2.32. The quantitative estimate of drug-likeness (QED) is 0.635. The van der Waals surface area contributed by atoms with Crippen LogP contribution in [-0.4, -0.2) is 0 Å². The first-order chi connectivity index (χ1) is 7.40. The molecule has 0 N–H and O–H groups in total. The maximum atomic E-state index is 3.83. The van der Waals surface area contributed by atoms with E-state index in [1.54, 1.807) is 0 Å². The van der Waals surface area contributed by atoms with Gasteiger partial charge >= 0.3 is 0 Å². The summed E-state index contributed by atoms with van der Waals surface area (Å²) in [6, 6.07) is 11.6. The Labute approximate surface area is 93.0 Å². The lowest BCUT2D eigenvalue weighted by atomic mass is 9.78. The monoisotopic (exact) mass is 199 g/mol. The van der Waals surface area contributed by atoms with E-state index in [1.807, 2.05) is 12.1 Å². The summed E-state index contributed by atoms with van der Waals surface area (Å²) in [5.74, 6) is 1.69. The third-order valence-electron chi connectivity index (χ3n) is 3.56. The molecular weight excluding hydrogens is 180 g/mol. The van der Waals surface area contributed by atoms with Crippen LogP contribution in [0.3, 0.4) is 0 Å². The molecule has 0 bridgehead atoms. The van der Waals surface area contributed by atoms with Crippen LogP contribution in [0.15, 0.2) is 36.9 Å². The van der Waals surface area contributed by atoms with Crippen molar-refractivity contribution in [2.45, 2.75) is 38.0 Å². The van der Waals surface area contributed by atoms with Crippen molar-refractivity contribution in [3.63, 3.8) is 0 Å². The maximum Gasteiger partial charge on any atom is -0.0162 e. The molecule has 0 heteroatoms. The first-order valence-electron chi connectivity index (χ1n) is 5.97. The Bertz CT molecular complexity index is 291. The smallest absolute Gasteiger partial charge is 0.0162 e. The second-order valence-corrected chi connectivity index (χ2v) is 4.58. The largest absolute Gasteiger partial charge is 0.103 e. The van der Waals surface area contributed by atoms with E-state index in [0.717, 1.165) is 11.8 Å². The van der Waals surface area contributed by atoms with Gasteiger partial charge in [-0.3, -0.25) is 0 Å². The second kappa shape index (κ2) is 5.16. The van der Waals surface area contributed by atoms with Crippen molar-refractivity contribution < 1.29 is 0 Å². The SMILES string of the molecule is C=CCC1CCC(c2cc[c]cc2)CC1. The zero-order valence-corrected chi connectivity index (χ0v) is 9.28. The zero-order chi connectivity index (χ0) is 10.5. The van der Waals surface area contributed by atoms with Crippen molar-refractivity contribution in [2.75, 3.05) is 0 Å². The maximum absolute atomic E-state index is 3.83. The van der Waals surface area contributed by atoms with E-state index in [1.165, 1.54) is 37.7 Å². The molecule has 0 heterocycles. The van der Waals surface area contributed by atoms with E-state index >= 15 is 0 Å². The Morgan fingerprint density at radius 1 is 1.20 bits per heavy atom. The second-order valence-electron chi connectivity index (χ2n) is 4.58. The van der Waals surface area contributed by atoms with Crippen LogP contribution in [0.25, 0.3) is 0 Å². The minimum atomic E-state index is 0.792. The van der Waals surface area contributed by atoms with Gasteiger partial charge in [-0.1, -0.05) is 30.3 Å². The predicted octanol–water partition coefficient (Wildman–Crippen LogP) is 4.34. The van der Waals surface area contributed by atoms with Crippen LogP contribution in [0.4, 0.5) is 0 Å². The van der Waals surface area contributed by atoms with E-state index in [-0.39, 0.29) is 0 Å². The van der Waals surface area contributed by atoms with Gasteiger partial charge in [0.15, 0.2) is 0 Å². The van der Waals surface area contributed by atoms with Crippen LogP contribution in [0.2, 0.25) is 0 Å². The molecule has 0 unspecified atom stereocenters. The number of allylic oxidation sites excluding steroid dienone is 1. The molecule has 0 saturated heterocycles. The van der Waals surface area contributed by atoms with Gasteiger partial charge in [0.1, 0.15) is 0 Å². The van der Waals surface area contributed by atoms with Crippen LogP contribution in [0.1, 0.15) is 43.6 Å². The lowest BCUT2D eigenvalue weighted by molar-refractivity contribution is 0.328. The van der Waals surface area contributed by atoms with E-state index in [4.69, 9.17) is 0 Å². The summed E-state index contributed by atoms with van der Waals surface area (Å²) < 4.78 is 0. The molecule has 79 valence electrons. The highest BCUT2D eigenvalue weighted by Gasteiger charge is 2.20. The molecule has 1 aliphatic carbocycles. The van der Waals surface area contributed by atoms with E-state index in [2.05, 4.69) is 30.9 Å². The summed E-state index contributed by atoms with van der Waals surface area (Å²) in [5.41, 5.74) is 1.51. The Morgan fingerprint density at radius 2 is 1.87 bits per heavy atom. The molecule has 15 heavy (non-hydrogen) atoms. The van der Waals surface area contributed by atoms with Crippen molar-refractivity contribution in [3.8, 4) is 0 Å². The number of hydrogen-bond acceptors (Lipinski definition) is 0. The third-order valence-corrected chi connectivity index (χ3v) is 3.56. The Balaban J connectivity index is 1.91. The molecule has 1 aliphatic rings. The van der Waals surface area contributed by atoms with E-state index in [0.29, 0.717) is 0 Å². The molecule has 0 spiro atoms. The summed E-state index contributed by atoms with van der Waals surface area (Å²) in [4.78, 5) is 0. The molecule has 1 radical (unpaired) electrons. The molecule has 1 fully saturated rings. The summed E-state index contributed by atoms with van der Waals surface area (Å²) >= 11 is 0. The first-order valence-corrected chi connectivity index (χ1v) is 5.97. The highest BCUT2D eigenvalue weighted by molar-refractivity contribution is 5.19. The topological polar surface area (TPSA) is 0 Å². The van der Waals surface area contributed by atoms with Gasteiger partial charge in [0.25, 0.3) is 0 Å². The highest BCUT2D eigenvalue weighted by atomic mass is 14.3. The van der Waals surface area contributed by atoms with Gasteiger partial charge in [0.05, 0.1) is 0 Å². The van der Waals surface area contributed by atoms with Crippen LogP contribution in [0.5, 0.6) is 0 Å². The van der Waals surface area contributed by atoms with Crippen LogP contribution >= 0.6 is 0 Å². The Kier molecular flexibility index (Phi) is 3.60. The molecule has 1 aromatic carbocycles. The predicted molar refractivity (Wildman–Crippen MR) is 64.8 cm³/mol. The lowest BCUT2D eigenvalue weighted by Crippen LogP contribution is -2.12. The first kappa shape index (κ1) is 10.5. The summed E-state index contributed by atoms with van der Waals surface area (Å²) in [5, 5.41) is 0. The molecule has 0 aliphatic heterocycles. The minimum Gasteiger partial charge on any atom is -0.103 e. The normalized spacial score (nSPS) is 26.1.